The summed E-state index contributed by atoms with van der Waals surface area (Å²) in [7, 11) is 0. The summed E-state index contributed by atoms with van der Waals surface area (Å²) in [6.07, 6.45) is 1.36. The van der Waals surface area contributed by atoms with Crippen molar-refractivity contribution in [3.63, 3.8) is 0 Å². The van der Waals surface area contributed by atoms with Crippen molar-refractivity contribution in [1.29, 1.82) is 0 Å². The van der Waals surface area contributed by atoms with Crippen LogP contribution in [0.1, 0.15) is 31.4 Å². The van der Waals surface area contributed by atoms with Gasteiger partial charge in [-0.15, -0.1) is 0 Å². The molecule has 112 valence electrons. The monoisotopic (exact) mass is 287 g/mol. The summed E-state index contributed by atoms with van der Waals surface area (Å²) in [5.41, 5.74) is 2.67. The molecule has 4 nitrogen and oxygen atoms in total. The van der Waals surface area contributed by atoms with Crippen LogP contribution in [0.3, 0.4) is 0 Å². The highest BCUT2D eigenvalue weighted by atomic mass is 16.5. The maximum atomic E-state index is 12.3. The summed E-state index contributed by atoms with van der Waals surface area (Å²) in [6, 6.07) is 5.64. The van der Waals surface area contributed by atoms with Gasteiger partial charge in [-0.3, -0.25) is 4.79 Å². The Labute approximate surface area is 125 Å². The molecular weight excluding hydrogens is 266 g/mol. The summed E-state index contributed by atoms with van der Waals surface area (Å²) in [5, 5.41) is 11.7. The number of amides is 1. The van der Waals surface area contributed by atoms with E-state index in [0.717, 1.165) is 29.7 Å². The van der Waals surface area contributed by atoms with Crippen molar-refractivity contribution >= 4 is 11.6 Å². The number of hydrogen-bond acceptors (Lipinski definition) is 3. The third kappa shape index (κ3) is 3.84. The minimum atomic E-state index is -0.358. The molecule has 1 aliphatic heterocycles. The fraction of sp³-hybridized carbons (Fsp3) is 0.471. The number of ether oxygens (including phenoxy) is 1. The zero-order valence-corrected chi connectivity index (χ0v) is 12.5. The second-order valence-electron chi connectivity index (χ2n) is 5.23. The number of carbonyl (C=O) groups excluding carboxylic acids is 1. The van der Waals surface area contributed by atoms with Crippen LogP contribution in [0, 0.1) is 17.8 Å². The van der Waals surface area contributed by atoms with E-state index in [4.69, 9.17) is 9.84 Å². The Bertz CT molecular complexity index is 571. The first-order chi connectivity index (χ1) is 10.2. The molecule has 2 rings (SSSR count). The van der Waals surface area contributed by atoms with Crippen LogP contribution in [0.15, 0.2) is 18.2 Å². The van der Waals surface area contributed by atoms with E-state index in [1.807, 2.05) is 32.0 Å². The molecule has 0 bridgehead atoms. The molecule has 2 unspecified atom stereocenters. The van der Waals surface area contributed by atoms with E-state index in [9.17, 15) is 4.79 Å². The molecule has 0 radical (unpaired) electrons. The molecule has 1 heterocycles. The van der Waals surface area contributed by atoms with E-state index in [2.05, 4.69) is 17.2 Å². The van der Waals surface area contributed by atoms with Crippen molar-refractivity contribution < 1.29 is 14.6 Å². The molecule has 2 atom stereocenters. The van der Waals surface area contributed by atoms with Crippen LogP contribution < -0.4 is 5.32 Å². The quantitative estimate of drug-likeness (QED) is 0.836. The zero-order valence-electron chi connectivity index (χ0n) is 12.5. The SMILES string of the molecule is CCc1cc(C#CCO)ccc1NC(=O)C1OCCC1C. The number of nitrogens with one attached hydrogen (secondary N) is 1. The van der Waals surface area contributed by atoms with Gasteiger partial charge in [-0.1, -0.05) is 25.7 Å². The molecule has 1 aromatic rings. The highest BCUT2D eigenvalue weighted by Crippen LogP contribution is 2.23. The van der Waals surface area contributed by atoms with E-state index < -0.39 is 0 Å². The summed E-state index contributed by atoms with van der Waals surface area (Å²) in [5.74, 6) is 5.67. The minimum absolute atomic E-state index is 0.0797. The summed E-state index contributed by atoms with van der Waals surface area (Å²) in [6.45, 7) is 4.56. The number of aryl methyl sites for hydroxylation is 1. The van der Waals surface area contributed by atoms with Gasteiger partial charge in [-0.2, -0.15) is 0 Å². The molecule has 1 amide bonds. The third-order valence-electron chi connectivity index (χ3n) is 3.70. The van der Waals surface area contributed by atoms with Gasteiger partial charge in [0.25, 0.3) is 5.91 Å². The predicted octanol–water partition coefficient (Wildman–Crippen LogP) is 1.96. The molecule has 0 spiro atoms. The number of anilines is 1. The fourth-order valence-corrected chi connectivity index (χ4v) is 2.46. The summed E-state index contributed by atoms with van der Waals surface area (Å²) in [4.78, 5) is 12.3. The Kier molecular flexibility index (Phi) is 5.38. The lowest BCUT2D eigenvalue weighted by Crippen LogP contribution is -2.31. The first kappa shape index (κ1) is 15.6. The van der Waals surface area contributed by atoms with Crippen molar-refractivity contribution in [3.8, 4) is 11.8 Å². The minimum Gasteiger partial charge on any atom is -0.384 e. The largest absolute Gasteiger partial charge is 0.384 e. The lowest BCUT2D eigenvalue weighted by atomic mass is 10.0. The van der Waals surface area contributed by atoms with E-state index in [0.29, 0.717) is 6.61 Å². The number of rotatable bonds is 3. The number of carbonyl (C=O) groups is 1. The Balaban J connectivity index is 2.14. The van der Waals surface area contributed by atoms with Gasteiger partial charge in [-0.05, 0) is 42.5 Å². The predicted molar refractivity (Wildman–Crippen MR) is 81.9 cm³/mol. The maximum Gasteiger partial charge on any atom is 0.253 e. The van der Waals surface area contributed by atoms with E-state index in [1.54, 1.807) is 0 Å². The van der Waals surface area contributed by atoms with Gasteiger partial charge in [0.05, 0.1) is 0 Å². The second-order valence-corrected chi connectivity index (χ2v) is 5.23. The second kappa shape index (κ2) is 7.26. The Morgan fingerprint density at radius 1 is 1.52 bits per heavy atom. The van der Waals surface area contributed by atoms with Crippen molar-refractivity contribution in [2.24, 2.45) is 5.92 Å². The van der Waals surface area contributed by atoms with Crippen LogP contribution in [0.2, 0.25) is 0 Å². The van der Waals surface area contributed by atoms with Gasteiger partial charge in [0.2, 0.25) is 0 Å². The van der Waals surface area contributed by atoms with Crippen molar-refractivity contribution in [2.45, 2.75) is 32.8 Å². The zero-order chi connectivity index (χ0) is 15.2. The van der Waals surface area contributed by atoms with Crippen molar-refractivity contribution in [1.82, 2.24) is 0 Å². The molecule has 0 aliphatic carbocycles. The molecule has 1 aliphatic rings. The van der Waals surface area contributed by atoms with Crippen LogP contribution in [0.4, 0.5) is 5.69 Å². The highest BCUT2D eigenvalue weighted by Gasteiger charge is 2.31. The number of benzene rings is 1. The third-order valence-corrected chi connectivity index (χ3v) is 3.70. The van der Waals surface area contributed by atoms with Crippen LogP contribution in [0.5, 0.6) is 0 Å². The van der Waals surface area contributed by atoms with E-state index in [-0.39, 0.29) is 24.5 Å². The Hall–Kier alpha value is -1.83. The molecule has 0 aromatic heterocycles. The van der Waals surface area contributed by atoms with Crippen molar-refractivity contribution in [2.75, 3.05) is 18.5 Å². The molecule has 4 heteroatoms. The van der Waals surface area contributed by atoms with Gasteiger partial charge in [0, 0.05) is 17.9 Å². The number of aliphatic hydroxyl groups is 1. The smallest absolute Gasteiger partial charge is 0.253 e. The Morgan fingerprint density at radius 3 is 2.95 bits per heavy atom. The molecule has 1 saturated heterocycles. The molecule has 1 fully saturated rings. The average Bonchev–Trinajstić information content (AvgIpc) is 2.92. The standard InChI is InChI=1S/C17H21NO3/c1-3-14-11-13(5-4-9-19)6-7-15(14)18-17(20)16-12(2)8-10-21-16/h6-7,11-12,16,19H,3,8-10H2,1-2H3,(H,18,20). The average molecular weight is 287 g/mol. The van der Waals surface area contributed by atoms with Crippen LogP contribution in [0.25, 0.3) is 0 Å². The first-order valence-corrected chi connectivity index (χ1v) is 7.30. The molecular formula is C17H21NO3. The van der Waals surface area contributed by atoms with Gasteiger partial charge >= 0.3 is 0 Å². The van der Waals surface area contributed by atoms with Crippen molar-refractivity contribution in [3.05, 3.63) is 29.3 Å². The van der Waals surface area contributed by atoms with Crippen LogP contribution in [-0.2, 0) is 16.0 Å². The first-order valence-electron chi connectivity index (χ1n) is 7.30. The van der Waals surface area contributed by atoms with Crippen LogP contribution >= 0.6 is 0 Å². The van der Waals surface area contributed by atoms with Gasteiger partial charge in [0.15, 0.2) is 0 Å². The van der Waals surface area contributed by atoms with Crippen LogP contribution in [-0.4, -0.2) is 30.3 Å². The molecule has 2 N–H and O–H groups in total. The molecule has 21 heavy (non-hydrogen) atoms. The van der Waals surface area contributed by atoms with Gasteiger partial charge in [-0.25, -0.2) is 0 Å². The van der Waals surface area contributed by atoms with E-state index in [1.165, 1.54) is 0 Å². The summed E-state index contributed by atoms with van der Waals surface area (Å²) < 4.78 is 5.49. The van der Waals surface area contributed by atoms with Gasteiger partial charge < -0.3 is 15.2 Å². The van der Waals surface area contributed by atoms with Gasteiger partial charge in [0.1, 0.15) is 12.7 Å². The fourth-order valence-electron chi connectivity index (χ4n) is 2.46. The molecule has 1 aromatic carbocycles. The number of aliphatic hydroxyl groups excluding tert-OH is 1. The summed E-state index contributed by atoms with van der Waals surface area (Å²) >= 11 is 0. The normalized spacial score (nSPS) is 20.7. The Morgan fingerprint density at radius 2 is 2.33 bits per heavy atom. The van der Waals surface area contributed by atoms with E-state index >= 15 is 0 Å². The molecule has 0 saturated carbocycles. The number of hydrogen-bond donors (Lipinski definition) is 2. The topological polar surface area (TPSA) is 58.6 Å². The lowest BCUT2D eigenvalue weighted by molar-refractivity contribution is -0.126. The maximum absolute atomic E-state index is 12.3. The lowest BCUT2D eigenvalue weighted by Gasteiger charge is -2.16. The highest BCUT2D eigenvalue weighted by molar-refractivity contribution is 5.95.